The maximum absolute atomic E-state index is 5.72. The molecule has 72 valence electrons. The molecule has 2 heteroatoms. The first-order valence-electron chi connectivity index (χ1n) is 4.98. The maximum atomic E-state index is 5.72. The molecule has 0 bridgehead atoms. The summed E-state index contributed by atoms with van der Waals surface area (Å²) in [6, 6.07) is 0.752. The molecule has 0 spiro atoms. The van der Waals surface area contributed by atoms with Crippen LogP contribution in [0.3, 0.4) is 0 Å². The van der Waals surface area contributed by atoms with E-state index in [4.69, 9.17) is 4.74 Å². The molecule has 0 N–H and O–H groups in total. The fourth-order valence-electron chi connectivity index (χ4n) is 1.53. The van der Waals surface area contributed by atoms with E-state index in [1.807, 2.05) is 0 Å². The molecule has 0 aliphatic heterocycles. The Morgan fingerprint density at radius 1 is 1.33 bits per heavy atom. The number of rotatable bonds is 5. The van der Waals surface area contributed by atoms with E-state index in [1.54, 1.807) is 0 Å². The minimum absolute atomic E-state index is 0.552. The van der Waals surface area contributed by atoms with Gasteiger partial charge in [-0.15, -0.1) is 0 Å². The highest BCUT2D eigenvalue weighted by Crippen LogP contribution is 2.33. The SMILES string of the molecule is CCCCOC1CC1[N+](C)(C)C. The molecule has 0 saturated heterocycles. The summed E-state index contributed by atoms with van der Waals surface area (Å²) in [6.07, 6.45) is 4.26. The van der Waals surface area contributed by atoms with Crippen LogP contribution in [-0.2, 0) is 4.74 Å². The zero-order valence-electron chi connectivity index (χ0n) is 8.84. The van der Waals surface area contributed by atoms with Crippen molar-refractivity contribution in [2.75, 3.05) is 27.7 Å². The summed E-state index contributed by atoms with van der Waals surface area (Å²) < 4.78 is 6.77. The second kappa shape index (κ2) is 3.75. The first-order chi connectivity index (χ1) is 5.55. The van der Waals surface area contributed by atoms with Gasteiger partial charge >= 0.3 is 0 Å². The van der Waals surface area contributed by atoms with Crippen LogP contribution in [0.5, 0.6) is 0 Å². The highest BCUT2D eigenvalue weighted by atomic mass is 16.5. The molecule has 2 nitrogen and oxygen atoms in total. The average molecular weight is 172 g/mol. The lowest BCUT2D eigenvalue weighted by Gasteiger charge is -2.24. The second-order valence-electron chi connectivity index (χ2n) is 4.68. The van der Waals surface area contributed by atoms with Crippen LogP contribution in [-0.4, -0.2) is 44.4 Å². The number of likely N-dealkylation sites (N-methyl/N-ethyl adjacent to an activating group) is 1. The summed E-state index contributed by atoms with van der Waals surface area (Å²) in [5.74, 6) is 0. The van der Waals surface area contributed by atoms with Gasteiger partial charge in [0, 0.05) is 13.0 Å². The molecule has 0 heterocycles. The number of nitrogens with zero attached hydrogens (tertiary/aromatic N) is 1. The van der Waals surface area contributed by atoms with Gasteiger partial charge in [-0.3, -0.25) is 0 Å². The van der Waals surface area contributed by atoms with E-state index >= 15 is 0 Å². The van der Waals surface area contributed by atoms with Gasteiger partial charge in [-0.05, 0) is 6.42 Å². The fourth-order valence-corrected chi connectivity index (χ4v) is 1.53. The van der Waals surface area contributed by atoms with Gasteiger partial charge in [0.1, 0.15) is 12.1 Å². The van der Waals surface area contributed by atoms with Crippen LogP contribution in [0.2, 0.25) is 0 Å². The van der Waals surface area contributed by atoms with Crippen molar-refractivity contribution >= 4 is 0 Å². The molecule has 1 fully saturated rings. The van der Waals surface area contributed by atoms with Crippen LogP contribution in [0.4, 0.5) is 0 Å². The second-order valence-corrected chi connectivity index (χ2v) is 4.68. The van der Waals surface area contributed by atoms with Crippen LogP contribution in [0.1, 0.15) is 26.2 Å². The van der Waals surface area contributed by atoms with Gasteiger partial charge in [0.25, 0.3) is 0 Å². The maximum Gasteiger partial charge on any atom is 0.118 e. The van der Waals surface area contributed by atoms with Gasteiger partial charge in [0.15, 0.2) is 0 Å². The quantitative estimate of drug-likeness (QED) is 0.452. The normalized spacial score (nSPS) is 29.0. The standard InChI is InChI=1S/C10H22NO/c1-5-6-7-12-10-8-9(10)11(2,3)4/h9-10H,5-8H2,1-4H3/q+1. The van der Waals surface area contributed by atoms with E-state index in [9.17, 15) is 0 Å². The molecule has 0 aromatic carbocycles. The van der Waals surface area contributed by atoms with E-state index in [0.29, 0.717) is 6.10 Å². The third-order valence-corrected chi connectivity index (χ3v) is 2.52. The predicted octanol–water partition coefficient (Wildman–Crippen LogP) is 1.65. The average Bonchev–Trinajstić information content (AvgIpc) is 2.66. The van der Waals surface area contributed by atoms with Gasteiger partial charge in [-0.25, -0.2) is 0 Å². The van der Waals surface area contributed by atoms with Crippen LogP contribution in [0.15, 0.2) is 0 Å². The number of hydrogen-bond donors (Lipinski definition) is 0. The third-order valence-electron chi connectivity index (χ3n) is 2.52. The Hall–Kier alpha value is -0.0800. The summed E-state index contributed by atoms with van der Waals surface area (Å²) in [4.78, 5) is 0. The van der Waals surface area contributed by atoms with Crippen molar-refractivity contribution in [3.63, 3.8) is 0 Å². The van der Waals surface area contributed by atoms with Gasteiger partial charge in [-0.1, -0.05) is 13.3 Å². The Morgan fingerprint density at radius 2 is 2.00 bits per heavy atom. The Labute approximate surface area is 76.1 Å². The molecular formula is C10H22NO+. The van der Waals surface area contributed by atoms with Gasteiger partial charge in [0.05, 0.1) is 21.1 Å². The highest BCUT2D eigenvalue weighted by Gasteiger charge is 2.48. The molecule has 0 radical (unpaired) electrons. The summed E-state index contributed by atoms with van der Waals surface area (Å²) in [5, 5.41) is 0. The lowest BCUT2D eigenvalue weighted by Crippen LogP contribution is -2.39. The minimum Gasteiger partial charge on any atom is -0.372 e. The van der Waals surface area contributed by atoms with Crippen molar-refractivity contribution in [1.82, 2.24) is 0 Å². The molecule has 1 rings (SSSR count). The molecule has 2 unspecified atom stereocenters. The molecule has 1 aliphatic rings. The summed E-state index contributed by atoms with van der Waals surface area (Å²) >= 11 is 0. The largest absolute Gasteiger partial charge is 0.372 e. The van der Waals surface area contributed by atoms with Gasteiger partial charge in [0.2, 0.25) is 0 Å². The van der Waals surface area contributed by atoms with E-state index < -0.39 is 0 Å². The van der Waals surface area contributed by atoms with Crippen molar-refractivity contribution < 1.29 is 9.22 Å². The zero-order chi connectivity index (χ0) is 9.19. The van der Waals surface area contributed by atoms with E-state index in [0.717, 1.165) is 17.1 Å². The topological polar surface area (TPSA) is 9.23 Å². The van der Waals surface area contributed by atoms with Crippen molar-refractivity contribution in [3.8, 4) is 0 Å². The number of ether oxygens (including phenoxy) is 1. The van der Waals surface area contributed by atoms with Crippen LogP contribution < -0.4 is 0 Å². The molecule has 0 aromatic rings. The lowest BCUT2D eigenvalue weighted by molar-refractivity contribution is -0.883. The molecule has 0 amide bonds. The van der Waals surface area contributed by atoms with E-state index in [1.165, 1.54) is 19.3 Å². The fraction of sp³-hybridized carbons (Fsp3) is 1.00. The molecule has 2 atom stereocenters. The highest BCUT2D eigenvalue weighted by molar-refractivity contribution is 4.89. The van der Waals surface area contributed by atoms with Gasteiger partial charge < -0.3 is 9.22 Å². The smallest absolute Gasteiger partial charge is 0.118 e. The van der Waals surface area contributed by atoms with E-state index in [-0.39, 0.29) is 0 Å². The van der Waals surface area contributed by atoms with Crippen molar-refractivity contribution in [2.45, 2.75) is 38.3 Å². The molecule has 1 aliphatic carbocycles. The molecule has 12 heavy (non-hydrogen) atoms. The van der Waals surface area contributed by atoms with Crippen molar-refractivity contribution in [1.29, 1.82) is 0 Å². The van der Waals surface area contributed by atoms with Crippen LogP contribution in [0, 0.1) is 0 Å². The Morgan fingerprint density at radius 3 is 2.42 bits per heavy atom. The van der Waals surface area contributed by atoms with Crippen molar-refractivity contribution in [2.24, 2.45) is 0 Å². The molecule has 1 saturated carbocycles. The van der Waals surface area contributed by atoms with E-state index in [2.05, 4.69) is 28.1 Å². The Kier molecular flexibility index (Phi) is 3.13. The van der Waals surface area contributed by atoms with Crippen LogP contribution in [0.25, 0.3) is 0 Å². The number of unbranched alkanes of at least 4 members (excludes halogenated alkanes) is 1. The molecular weight excluding hydrogens is 150 g/mol. The summed E-state index contributed by atoms with van der Waals surface area (Å²) in [5.41, 5.74) is 0. The number of hydrogen-bond acceptors (Lipinski definition) is 1. The third kappa shape index (κ3) is 2.76. The monoisotopic (exact) mass is 172 g/mol. The Balaban J connectivity index is 2.08. The summed E-state index contributed by atoms with van der Waals surface area (Å²) in [7, 11) is 6.73. The zero-order valence-corrected chi connectivity index (χ0v) is 8.84. The lowest BCUT2D eigenvalue weighted by atomic mass is 10.4. The number of quaternary nitrogens is 1. The van der Waals surface area contributed by atoms with Crippen LogP contribution >= 0.6 is 0 Å². The summed E-state index contributed by atoms with van der Waals surface area (Å²) in [6.45, 7) is 3.16. The molecule has 0 aromatic heterocycles. The predicted molar refractivity (Wildman–Crippen MR) is 51.1 cm³/mol. The Bertz CT molecular complexity index is 139. The first kappa shape index (κ1) is 10.0. The van der Waals surface area contributed by atoms with Gasteiger partial charge in [-0.2, -0.15) is 0 Å². The first-order valence-corrected chi connectivity index (χ1v) is 4.98. The van der Waals surface area contributed by atoms with Crippen molar-refractivity contribution in [3.05, 3.63) is 0 Å². The minimum atomic E-state index is 0.552.